The molecule has 7 heteroatoms. The molecule has 1 heterocycles. The minimum absolute atomic E-state index is 0.0561. The number of carbonyl (C=O) groups excluding carboxylic acids is 1. The fourth-order valence-corrected chi connectivity index (χ4v) is 1.98. The van der Waals surface area contributed by atoms with Gasteiger partial charge in [-0.2, -0.15) is 5.10 Å². The van der Waals surface area contributed by atoms with E-state index in [1.807, 2.05) is 13.8 Å². The molecule has 2 N–H and O–H groups in total. The van der Waals surface area contributed by atoms with Crippen LogP contribution >= 0.6 is 0 Å². The Morgan fingerprint density at radius 1 is 1.30 bits per heavy atom. The second-order valence-corrected chi connectivity index (χ2v) is 4.43. The van der Waals surface area contributed by atoms with E-state index in [0.717, 1.165) is 0 Å². The van der Waals surface area contributed by atoms with E-state index in [1.165, 1.54) is 11.9 Å². The van der Waals surface area contributed by atoms with Crippen molar-refractivity contribution in [1.82, 2.24) is 15.1 Å². The minimum Gasteiger partial charge on any atom is -0.481 e. The van der Waals surface area contributed by atoms with Gasteiger partial charge in [-0.05, 0) is 18.4 Å². The highest BCUT2D eigenvalue weighted by Gasteiger charge is 2.22. The molecule has 1 rings (SSSR count). The maximum absolute atomic E-state index is 12.3. The molecule has 0 aliphatic heterocycles. The molecular weight excluding hydrogens is 262 g/mol. The summed E-state index contributed by atoms with van der Waals surface area (Å²) in [5.74, 6) is -1.46. The second kappa shape index (κ2) is 6.83. The molecule has 0 saturated carbocycles. The van der Waals surface area contributed by atoms with Crippen molar-refractivity contribution in [3.8, 4) is 0 Å². The maximum Gasteiger partial charge on any atom is 0.305 e. The van der Waals surface area contributed by atoms with E-state index in [0.29, 0.717) is 24.1 Å². The van der Waals surface area contributed by atoms with Crippen LogP contribution in [0.4, 0.5) is 0 Å². The molecule has 110 valence electrons. The summed E-state index contributed by atoms with van der Waals surface area (Å²) in [4.78, 5) is 36.0. The monoisotopic (exact) mass is 281 g/mol. The van der Waals surface area contributed by atoms with Crippen LogP contribution in [0.15, 0.2) is 4.79 Å². The summed E-state index contributed by atoms with van der Waals surface area (Å²) in [5, 5.41) is 14.9. The molecule has 1 amide bonds. The molecular formula is C13H19N3O4. The third-order valence-electron chi connectivity index (χ3n) is 3.08. The number of carboxylic acid groups (broad SMARTS) is 1. The van der Waals surface area contributed by atoms with Crippen molar-refractivity contribution in [3.05, 3.63) is 27.2 Å². The SMILES string of the molecule is CCc1n[nH]c(=O)c(C(=O)N(C)CCC(=O)O)c1CC. The first kappa shape index (κ1) is 15.9. The number of nitrogens with zero attached hydrogens (tertiary/aromatic N) is 2. The summed E-state index contributed by atoms with van der Waals surface area (Å²) in [6, 6.07) is 0. The highest BCUT2D eigenvalue weighted by atomic mass is 16.4. The minimum atomic E-state index is -0.988. The van der Waals surface area contributed by atoms with Crippen molar-refractivity contribution in [1.29, 1.82) is 0 Å². The highest BCUT2D eigenvalue weighted by Crippen LogP contribution is 2.12. The Bertz CT molecular complexity index is 565. The largest absolute Gasteiger partial charge is 0.481 e. The Morgan fingerprint density at radius 2 is 1.95 bits per heavy atom. The zero-order valence-corrected chi connectivity index (χ0v) is 11.9. The van der Waals surface area contributed by atoms with E-state index in [2.05, 4.69) is 10.2 Å². The number of hydrogen-bond donors (Lipinski definition) is 2. The van der Waals surface area contributed by atoms with Crippen LogP contribution in [0.25, 0.3) is 0 Å². The van der Waals surface area contributed by atoms with Crippen molar-refractivity contribution in [3.63, 3.8) is 0 Å². The molecule has 1 aromatic rings. The van der Waals surface area contributed by atoms with Gasteiger partial charge < -0.3 is 10.0 Å². The lowest BCUT2D eigenvalue weighted by molar-refractivity contribution is -0.137. The molecule has 0 fully saturated rings. The Morgan fingerprint density at radius 3 is 2.45 bits per heavy atom. The van der Waals surface area contributed by atoms with Crippen molar-refractivity contribution in [2.45, 2.75) is 33.1 Å². The van der Waals surface area contributed by atoms with Crippen LogP contribution in [-0.4, -0.2) is 45.7 Å². The second-order valence-electron chi connectivity index (χ2n) is 4.43. The van der Waals surface area contributed by atoms with Crippen molar-refractivity contribution in [2.75, 3.05) is 13.6 Å². The van der Waals surface area contributed by atoms with E-state index >= 15 is 0 Å². The van der Waals surface area contributed by atoms with Crippen LogP contribution in [-0.2, 0) is 17.6 Å². The number of nitrogens with one attached hydrogen (secondary N) is 1. The van der Waals surface area contributed by atoms with Crippen molar-refractivity contribution >= 4 is 11.9 Å². The normalized spacial score (nSPS) is 10.3. The molecule has 0 aliphatic carbocycles. The van der Waals surface area contributed by atoms with E-state index in [9.17, 15) is 14.4 Å². The van der Waals surface area contributed by atoms with Gasteiger partial charge >= 0.3 is 5.97 Å². The van der Waals surface area contributed by atoms with Gasteiger partial charge in [-0.3, -0.25) is 14.4 Å². The zero-order chi connectivity index (χ0) is 15.3. The standard InChI is InChI=1S/C13H19N3O4/c1-4-8-9(5-2)14-15-12(19)11(8)13(20)16(3)7-6-10(17)18/h4-7H2,1-3H3,(H,15,19)(H,17,18). The average Bonchev–Trinajstić information content (AvgIpc) is 2.43. The van der Waals surface area contributed by atoms with Crippen molar-refractivity contribution in [2.24, 2.45) is 0 Å². The Kier molecular flexibility index (Phi) is 5.42. The molecule has 1 aromatic heterocycles. The number of aliphatic carboxylic acids is 1. The smallest absolute Gasteiger partial charge is 0.305 e. The number of H-pyrrole nitrogens is 1. The molecule has 0 aliphatic rings. The highest BCUT2D eigenvalue weighted by molar-refractivity contribution is 5.95. The van der Waals surface area contributed by atoms with Gasteiger partial charge in [0.1, 0.15) is 5.56 Å². The number of hydrogen-bond acceptors (Lipinski definition) is 4. The van der Waals surface area contributed by atoms with Crippen LogP contribution in [0.3, 0.4) is 0 Å². The van der Waals surface area contributed by atoms with Crippen LogP contribution in [0.5, 0.6) is 0 Å². The Hall–Kier alpha value is -2.18. The number of carboxylic acids is 1. The molecule has 0 aromatic carbocycles. The van der Waals surface area contributed by atoms with Gasteiger partial charge in [0.05, 0.1) is 12.1 Å². The summed E-state index contributed by atoms with van der Waals surface area (Å²) in [5.41, 5.74) is 0.837. The number of aromatic amines is 1. The lowest BCUT2D eigenvalue weighted by atomic mass is 10.0. The number of aromatic nitrogens is 2. The van der Waals surface area contributed by atoms with E-state index in [4.69, 9.17) is 5.11 Å². The van der Waals surface area contributed by atoms with Crippen LogP contribution in [0.2, 0.25) is 0 Å². The molecule has 0 atom stereocenters. The van der Waals surface area contributed by atoms with E-state index < -0.39 is 17.4 Å². The average molecular weight is 281 g/mol. The molecule has 0 radical (unpaired) electrons. The van der Waals surface area contributed by atoms with Crippen LogP contribution in [0, 0.1) is 0 Å². The zero-order valence-electron chi connectivity index (χ0n) is 11.9. The van der Waals surface area contributed by atoms with Gasteiger partial charge in [0.2, 0.25) is 0 Å². The first-order valence-electron chi connectivity index (χ1n) is 6.50. The summed E-state index contributed by atoms with van der Waals surface area (Å²) in [7, 11) is 1.48. The predicted molar refractivity (Wildman–Crippen MR) is 72.8 cm³/mol. The summed E-state index contributed by atoms with van der Waals surface area (Å²) < 4.78 is 0. The summed E-state index contributed by atoms with van der Waals surface area (Å²) in [6.45, 7) is 3.80. The topological polar surface area (TPSA) is 103 Å². The van der Waals surface area contributed by atoms with Gasteiger partial charge in [-0.1, -0.05) is 13.8 Å². The molecule has 0 spiro atoms. The third-order valence-corrected chi connectivity index (χ3v) is 3.08. The van der Waals surface area contributed by atoms with E-state index in [-0.39, 0.29) is 18.5 Å². The Balaban J connectivity index is 3.14. The molecule has 0 bridgehead atoms. The fraction of sp³-hybridized carbons (Fsp3) is 0.538. The number of carbonyl (C=O) groups is 2. The molecule has 0 unspecified atom stereocenters. The maximum atomic E-state index is 12.3. The number of amides is 1. The lowest BCUT2D eigenvalue weighted by Crippen LogP contribution is -2.35. The number of rotatable bonds is 6. The van der Waals surface area contributed by atoms with Gasteiger partial charge in [0.25, 0.3) is 11.5 Å². The third kappa shape index (κ3) is 3.43. The molecule has 20 heavy (non-hydrogen) atoms. The van der Waals surface area contributed by atoms with Gasteiger partial charge in [0, 0.05) is 13.6 Å². The fourth-order valence-electron chi connectivity index (χ4n) is 1.98. The molecule has 0 saturated heterocycles. The summed E-state index contributed by atoms with van der Waals surface area (Å²) in [6.07, 6.45) is 0.973. The molecule has 7 nitrogen and oxygen atoms in total. The predicted octanol–water partition coefficient (Wildman–Crippen LogP) is 0.441. The Labute approximate surface area is 116 Å². The first-order valence-corrected chi connectivity index (χ1v) is 6.50. The lowest BCUT2D eigenvalue weighted by Gasteiger charge is -2.18. The first-order chi connectivity index (χ1) is 9.42. The quantitative estimate of drug-likeness (QED) is 0.787. The van der Waals surface area contributed by atoms with Crippen LogP contribution < -0.4 is 5.56 Å². The van der Waals surface area contributed by atoms with Gasteiger partial charge in [-0.25, -0.2) is 5.10 Å². The van der Waals surface area contributed by atoms with E-state index in [1.54, 1.807) is 0 Å². The van der Waals surface area contributed by atoms with Crippen molar-refractivity contribution < 1.29 is 14.7 Å². The van der Waals surface area contributed by atoms with Crippen LogP contribution in [0.1, 0.15) is 41.9 Å². The van der Waals surface area contributed by atoms with Gasteiger partial charge in [0.15, 0.2) is 0 Å². The number of aryl methyl sites for hydroxylation is 1. The van der Waals surface area contributed by atoms with Gasteiger partial charge in [-0.15, -0.1) is 0 Å². The summed E-state index contributed by atoms with van der Waals surface area (Å²) >= 11 is 0.